The van der Waals surface area contributed by atoms with Crippen molar-refractivity contribution < 1.29 is 0 Å². The minimum absolute atomic E-state index is 0.434. The normalized spacial score (nSPS) is 30.5. The summed E-state index contributed by atoms with van der Waals surface area (Å²) in [5, 5.41) is 4.01. The molecular formula is C17H30N2. The fourth-order valence-corrected chi connectivity index (χ4v) is 4.73. The molecule has 3 aliphatic rings. The topological polar surface area (TPSA) is 15.3 Å². The highest BCUT2D eigenvalue weighted by molar-refractivity contribution is 5.08. The van der Waals surface area contributed by atoms with Crippen molar-refractivity contribution in [3.63, 3.8) is 0 Å². The van der Waals surface area contributed by atoms with Crippen LogP contribution >= 0.6 is 0 Å². The van der Waals surface area contributed by atoms with E-state index in [0.29, 0.717) is 11.1 Å². The standard InChI is InChI=1S/C17H30N2/c1-2-13-19-15-16(9-5-3-6-10-16)18-14-17(19)11-7-4-8-12-17/h2,18H,1,3-15H2. The highest BCUT2D eigenvalue weighted by Gasteiger charge is 2.47. The second-order valence-electron chi connectivity index (χ2n) is 7.15. The van der Waals surface area contributed by atoms with Gasteiger partial charge in [0, 0.05) is 30.7 Å². The summed E-state index contributed by atoms with van der Waals surface area (Å²) in [6.07, 6.45) is 16.2. The van der Waals surface area contributed by atoms with Crippen molar-refractivity contribution in [1.82, 2.24) is 10.2 Å². The minimum Gasteiger partial charge on any atom is -0.308 e. The molecule has 1 heterocycles. The summed E-state index contributed by atoms with van der Waals surface area (Å²) in [7, 11) is 0. The summed E-state index contributed by atoms with van der Waals surface area (Å²) >= 11 is 0. The summed E-state index contributed by atoms with van der Waals surface area (Å²) in [6.45, 7) is 7.58. The summed E-state index contributed by atoms with van der Waals surface area (Å²) < 4.78 is 0. The van der Waals surface area contributed by atoms with Gasteiger partial charge in [0.25, 0.3) is 0 Å². The summed E-state index contributed by atoms with van der Waals surface area (Å²) in [4.78, 5) is 2.79. The molecule has 19 heavy (non-hydrogen) atoms. The first-order chi connectivity index (χ1) is 9.29. The molecule has 0 unspecified atom stereocenters. The van der Waals surface area contributed by atoms with Gasteiger partial charge in [-0.25, -0.2) is 0 Å². The molecule has 2 nitrogen and oxygen atoms in total. The Kier molecular flexibility index (Phi) is 4.00. The fourth-order valence-electron chi connectivity index (χ4n) is 4.73. The lowest BCUT2D eigenvalue weighted by atomic mass is 9.73. The van der Waals surface area contributed by atoms with Gasteiger partial charge in [-0.3, -0.25) is 4.90 Å². The molecule has 0 aromatic rings. The third kappa shape index (κ3) is 2.62. The van der Waals surface area contributed by atoms with E-state index in [-0.39, 0.29) is 0 Å². The van der Waals surface area contributed by atoms with Crippen LogP contribution in [0.15, 0.2) is 12.7 Å². The molecule has 0 radical (unpaired) electrons. The SMILES string of the molecule is C=CCN1CC2(CCCCC2)NCC12CCCCC2. The van der Waals surface area contributed by atoms with E-state index in [9.17, 15) is 0 Å². The number of nitrogens with one attached hydrogen (secondary N) is 1. The molecule has 0 aromatic carbocycles. The van der Waals surface area contributed by atoms with Crippen LogP contribution in [0.1, 0.15) is 64.2 Å². The molecule has 1 N–H and O–H groups in total. The van der Waals surface area contributed by atoms with E-state index in [1.54, 1.807) is 0 Å². The fraction of sp³-hybridized carbons (Fsp3) is 0.882. The van der Waals surface area contributed by atoms with Crippen LogP contribution in [0.25, 0.3) is 0 Å². The average Bonchev–Trinajstić information content (AvgIpc) is 2.46. The van der Waals surface area contributed by atoms with E-state index >= 15 is 0 Å². The van der Waals surface area contributed by atoms with E-state index in [2.05, 4.69) is 22.9 Å². The maximum absolute atomic E-state index is 4.01. The van der Waals surface area contributed by atoms with Crippen molar-refractivity contribution in [2.24, 2.45) is 0 Å². The average molecular weight is 262 g/mol. The zero-order valence-corrected chi connectivity index (χ0v) is 12.4. The Morgan fingerprint density at radius 2 is 1.58 bits per heavy atom. The molecular weight excluding hydrogens is 232 g/mol. The largest absolute Gasteiger partial charge is 0.308 e. The van der Waals surface area contributed by atoms with Crippen LogP contribution in [-0.2, 0) is 0 Å². The molecule has 0 aromatic heterocycles. The lowest BCUT2D eigenvalue weighted by molar-refractivity contribution is -0.0220. The molecule has 108 valence electrons. The van der Waals surface area contributed by atoms with Crippen LogP contribution in [0.4, 0.5) is 0 Å². The van der Waals surface area contributed by atoms with Gasteiger partial charge in [0.15, 0.2) is 0 Å². The predicted molar refractivity (Wildman–Crippen MR) is 81.4 cm³/mol. The van der Waals surface area contributed by atoms with Crippen LogP contribution in [0, 0.1) is 0 Å². The van der Waals surface area contributed by atoms with Gasteiger partial charge in [-0.05, 0) is 25.7 Å². The Labute approximate surface area is 118 Å². The molecule has 2 heteroatoms. The van der Waals surface area contributed by atoms with Crippen molar-refractivity contribution in [3.8, 4) is 0 Å². The Bertz CT molecular complexity index is 311. The molecule has 1 saturated heterocycles. The van der Waals surface area contributed by atoms with E-state index in [0.717, 1.165) is 6.54 Å². The summed E-state index contributed by atoms with van der Waals surface area (Å²) in [5.41, 5.74) is 0.888. The molecule has 2 aliphatic carbocycles. The Hall–Kier alpha value is -0.340. The summed E-state index contributed by atoms with van der Waals surface area (Å²) in [5.74, 6) is 0. The molecule has 2 saturated carbocycles. The second-order valence-corrected chi connectivity index (χ2v) is 7.15. The third-order valence-electron chi connectivity index (χ3n) is 5.90. The van der Waals surface area contributed by atoms with Gasteiger partial charge in [-0.1, -0.05) is 44.6 Å². The molecule has 0 atom stereocenters. The van der Waals surface area contributed by atoms with Crippen molar-refractivity contribution in [2.75, 3.05) is 19.6 Å². The van der Waals surface area contributed by atoms with Crippen LogP contribution < -0.4 is 5.32 Å². The second kappa shape index (κ2) is 5.57. The highest BCUT2D eigenvalue weighted by atomic mass is 15.3. The van der Waals surface area contributed by atoms with Gasteiger partial charge >= 0.3 is 0 Å². The number of hydrogen-bond acceptors (Lipinski definition) is 2. The Morgan fingerprint density at radius 1 is 0.947 bits per heavy atom. The lowest BCUT2D eigenvalue weighted by Crippen LogP contribution is -2.70. The van der Waals surface area contributed by atoms with Crippen LogP contribution in [0.3, 0.4) is 0 Å². The molecule has 3 rings (SSSR count). The van der Waals surface area contributed by atoms with Crippen molar-refractivity contribution in [2.45, 2.75) is 75.3 Å². The van der Waals surface area contributed by atoms with Crippen LogP contribution in [0.5, 0.6) is 0 Å². The van der Waals surface area contributed by atoms with Crippen molar-refractivity contribution in [1.29, 1.82) is 0 Å². The number of hydrogen-bond donors (Lipinski definition) is 1. The molecule has 1 aliphatic heterocycles. The monoisotopic (exact) mass is 262 g/mol. The van der Waals surface area contributed by atoms with E-state index < -0.39 is 0 Å². The van der Waals surface area contributed by atoms with E-state index in [1.807, 2.05) is 0 Å². The van der Waals surface area contributed by atoms with E-state index in [4.69, 9.17) is 0 Å². The first-order valence-corrected chi connectivity index (χ1v) is 8.40. The number of piperazine rings is 1. The van der Waals surface area contributed by atoms with E-state index in [1.165, 1.54) is 77.3 Å². The first kappa shape index (κ1) is 13.6. The van der Waals surface area contributed by atoms with Crippen LogP contribution in [-0.4, -0.2) is 35.6 Å². The maximum Gasteiger partial charge on any atom is 0.0338 e. The van der Waals surface area contributed by atoms with Crippen molar-refractivity contribution >= 4 is 0 Å². The Morgan fingerprint density at radius 3 is 2.21 bits per heavy atom. The quantitative estimate of drug-likeness (QED) is 0.766. The molecule has 0 bridgehead atoms. The smallest absolute Gasteiger partial charge is 0.0338 e. The zero-order valence-electron chi connectivity index (χ0n) is 12.4. The van der Waals surface area contributed by atoms with Gasteiger partial charge in [0.05, 0.1) is 0 Å². The Balaban J connectivity index is 1.75. The van der Waals surface area contributed by atoms with Gasteiger partial charge in [-0.15, -0.1) is 6.58 Å². The highest BCUT2D eigenvalue weighted by Crippen LogP contribution is 2.40. The third-order valence-corrected chi connectivity index (χ3v) is 5.90. The molecule has 3 fully saturated rings. The zero-order chi connectivity index (χ0) is 13.2. The van der Waals surface area contributed by atoms with Crippen LogP contribution in [0.2, 0.25) is 0 Å². The van der Waals surface area contributed by atoms with Gasteiger partial charge in [0.2, 0.25) is 0 Å². The molecule has 0 amide bonds. The minimum atomic E-state index is 0.434. The number of rotatable bonds is 2. The lowest BCUT2D eigenvalue weighted by Gasteiger charge is -2.57. The predicted octanol–water partition coefficient (Wildman–Crippen LogP) is 3.48. The van der Waals surface area contributed by atoms with Crippen molar-refractivity contribution in [3.05, 3.63) is 12.7 Å². The summed E-state index contributed by atoms with van der Waals surface area (Å²) in [6, 6.07) is 0. The van der Waals surface area contributed by atoms with Gasteiger partial charge in [-0.2, -0.15) is 0 Å². The first-order valence-electron chi connectivity index (χ1n) is 8.40. The van der Waals surface area contributed by atoms with Gasteiger partial charge in [0.1, 0.15) is 0 Å². The number of nitrogens with zero attached hydrogens (tertiary/aromatic N) is 1. The maximum atomic E-state index is 4.01. The molecule has 2 spiro atoms. The van der Waals surface area contributed by atoms with Gasteiger partial charge < -0.3 is 5.32 Å².